The average Bonchev–Trinajstić information content (AvgIpc) is 2.59. The highest BCUT2D eigenvalue weighted by Crippen LogP contribution is 2.31. The standard InChI is InChI=1S/C19H18N2O4/c1-21(2)11-13-8-9-16(22)14-10-15(19(24)25-17(13)14)20-18(23)12-6-4-3-5-7-12/h3-7,10-11H,8-9H2,1-2H3,(H,20,23)/b13-11-. The van der Waals surface area contributed by atoms with Gasteiger partial charge in [0.25, 0.3) is 5.91 Å². The average molecular weight is 338 g/mol. The highest BCUT2D eigenvalue weighted by Gasteiger charge is 2.26. The lowest BCUT2D eigenvalue weighted by Crippen LogP contribution is -2.21. The van der Waals surface area contributed by atoms with Crippen LogP contribution in [0.5, 0.6) is 0 Å². The molecule has 6 heteroatoms. The summed E-state index contributed by atoms with van der Waals surface area (Å²) in [4.78, 5) is 38.5. The van der Waals surface area contributed by atoms with Gasteiger partial charge < -0.3 is 14.6 Å². The number of carbonyl (C=O) groups excluding carboxylic acids is 2. The molecule has 3 rings (SSSR count). The molecule has 0 atom stereocenters. The number of Topliss-reactive ketones (excluding diaryl/α,β-unsaturated/α-hetero) is 1. The summed E-state index contributed by atoms with van der Waals surface area (Å²) in [5.41, 5.74) is 0.813. The van der Waals surface area contributed by atoms with E-state index in [0.717, 1.165) is 5.57 Å². The molecule has 1 aliphatic rings. The van der Waals surface area contributed by atoms with Crippen LogP contribution in [-0.4, -0.2) is 30.7 Å². The van der Waals surface area contributed by atoms with Gasteiger partial charge in [0.05, 0.1) is 5.56 Å². The quantitative estimate of drug-likeness (QED) is 0.931. The zero-order chi connectivity index (χ0) is 18.0. The van der Waals surface area contributed by atoms with Gasteiger partial charge in [-0.3, -0.25) is 9.59 Å². The van der Waals surface area contributed by atoms with Gasteiger partial charge in [0.2, 0.25) is 0 Å². The Morgan fingerprint density at radius 2 is 1.88 bits per heavy atom. The van der Waals surface area contributed by atoms with Crippen molar-refractivity contribution in [2.24, 2.45) is 0 Å². The van der Waals surface area contributed by atoms with Gasteiger partial charge in [-0.15, -0.1) is 0 Å². The summed E-state index contributed by atoms with van der Waals surface area (Å²) in [6.45, 7) is 0. The van der Waals surface area contributed by atoms with E-state index in [9.17, 15) is 14.4 Å². The van der Waals surface area contributed by atoms with Crippen LogP contribution in [0.2, 0.25) is 0 Å². The van der Waals surface area contributed by atoms with Crippen LogP contribution in [0.15, 0.2) is 51.8 Å². The minimum atomic E-state index is -0.678. The Morgan fingerprint density at radius 3 is 2.56 bits per heavy atom. The van der Waals surface area contributed by atoms with Gasteiger partial charge in [0.15, 0.2) is 5.78 Å². The van der Waals surface area contributed by atoms with E-state index in [0.29, 0.717) is 24.0 Å². The molecule has 0 unspecified atom stereocenters. The fourth-order valence-corrected chi connectivity index (χ4v) is 2.72. The molecule has 1 heterocycles. The summed E-state index contributed by atoms with van der Waals surface area (Å²) >= 11 is 0. The Morgan fingerprint density at radius 1 is 1.16 bits per heavy atom. The first-order valence-electron chi connectivity index (χ1n) is 7.91. The molecule has 0 aliphatic heterocycles. The van der Waals surface area contributed by atoms with Gasteiger partial charge in [-0.2, -0.15) is 0 Å². The number of ketones is 1. The van der Waals surface area contributed by atoms with Crippen LogP contribution in [0, 0.1) is 0 Å². The predicted octanol–water partition coefficient (Wildman–Crippen LogP) is 2.77. The van der Waals surface area contributed by atoms with E-state index in [1.165, 1.54) is 6.07 Å². The molecule has 128 valence electrons. The van der Waals surface area contributed by atoms with Crippen LogP contribution in [0.3, 0.4) is 0 Å². The highest BCUT2D eigenvalue weighted by atomic mass is 16.4. The minimum absolute atomic E-state index is 0.0351. The summed E-state index contributed by atoms with van der Waals surface area (Å²) in [5, 5.41) is 2.53. The van der Waals surface area contributed by atoms with Crippen LogP contribution in [0.25, 0.3) is 5.57 Å². The molecular formula is C19H18N2O4. The van der Waals surface area contributed by atoms with E-state index >= 15 is 0 Å². The molecule has 0 saturated heterocycles. The van der Waals surface area contributed by atoms with Crippen molar-refractivity contribution in [3.8, 4) is 0 Å². The molecule has 0 radical (unpaired) electrons. The van der Waals surface area contributed by atoms with Gasteiger partial charge in [-0.1, -0.05) is 18.2 Å². The Kier molecular flexibility index (Phi) is 4.52. The molecule has 0 saturated carbocycles. The summed E-state index contributed by atoms with van der Waals surface area (Å²) < 4.78 is 5.37. The lowest BCUT2D eigenvalue weighted by atomic mass is 9.91. The fourth-order valence-electron chi connectivity index (χ4n) is 2.72. The number of allylic oxidation sites excluding steroid dienone is 1. The van der Waals surface area contributed by atoms with Crippen molar-refractivity contribution in [2.75, 3.05) is 19.4 Å². The number of amides is 1. The largest absolute Gasteiger partial charge is 0.421 e. The third-order valence-corrected chi connectivity index (χ3v) is 3.86. The Balaban J connectivity index is 1.99. The van der Waals surface area contributed by atoms with Gasteiger partial charge in [0, 0.05) is 37.9 Å². The monoisotopic (exact) mass is 338 g/mol. The van der Waals surface area contributed by atoms with E-state index in [1.807, 2.05) is 25.2 Å². The van der Waals surface area contributed by atoms with E-state index in [2.05, 4.69) is 5.32 Å². The third kappa shape index (κ3) is 3.52. The van der Waals surface area contributed by atoms with Crippen LogP contribution >= 0.6 is 0 Å². The van der Waals surface area contributed by atoms with Gasteiger partial charge in [-0.05, 0) is 24.6 Å². The van der Waals surface area contributed by atoms with E-state index in [-0.39, 0.29) is 17.2 Å². The molecule has 0 spiro atoms. The number of hydrogen-bond donors (Lipinski definition) is 1. The van der Waals surface area contributed by atoms with Crippen molar-refractivity contribution < 1.29 is 14.0 Å². The van der Waals surface area contributed by atoms with Crippen LogP contribution < -0.4 is 10.9 Å². The summed E-state index contributed by atoms with van der Waals surface area (Å²) in [6.07, 6.45) is 2.69. The molecule has 25 heavy (non-hydrogen) atoms. The number of anilines is 1. The lowest BCUT2D eigenvalue weighted by Gasteiger charge is -2.18. The number of nitrogens with one attached hydrogen (secondary N) is 1. The molecule has 0 fully saturated rings. The van der Waals surface area contributed by atoms with Crippen molar-refractivity contribution in [1.82, 2.24) is 4.90 Å². The zero-order valence-corrected chi connectivity index (χ0v) is 14.0. The van der Waals surface area contributed by atoms with Crippen LogP contribution in [0.1, 0.15) is 39.3 Å². The molecule has 6 nitrogen and oxygen atoms in total. The first-order chi connectivity index (χ1) is 12.0. The predicted molar refractivity (Wildman–Crippen MR) is 94.6 cm³/mol. The second-order valence-electron chi connectivity index (χ2n) is 6.05. The normalized spacial score (nSPS) is 15.0. The number of rotatable bonds is 3. The number of hydrogen-bond acceptors (Lipinski definition) is 5. The molecular weight excluding hydrogens is 320 g/mol. The van der Waals surface area contributed by atoms with Crippen molar-refractivity contribution >= 4 is 23.0 Å². The fraction of sp³-hybridized carbons (Fsp3) is 0.211. The molecule has 1 aliphatic carbocycles. The smallest absolute Gasteiger partial charge is 0.360 e. The van der Waals surface area contributed by atoms with Crippen molar-refractivity contribution in [3.05, 3.63) is 69.9 Å². The second kappa shape index (κ2) is 6.76. The topological polar surface area (TPSA) is 79.6 Å². The Bertz CT molecular complexity index is 911. The number of carbonyl (C=O) groups is 2. The van der Waals surface area contributed by atoms with Crippen molar-refractivity contribution in [3.63, 3.8) is 0 Å². The minimum Gasteiger partial charge on any atom is -0.421 e. The Labute approximate surface area is 144 Å². The molecule has 1 N–H and O–H groups in total. The van der Waals surface area contributed by atoms with Crippen LogP contribution in [-0.2, 0) is 0 Å². The van der Waals surface area contributed by atoms with E-state index in [1.54, 1.807) is 30.3 Å². The number of benzene rings is 1. The molecule has 0 bridgehead atoms. The summed E-state index contributed by atoms with van der Waals surface area (Å²) in [5.74, 6) is -0.252. The van der Waals surface area contributed by atoms with Crippen molar-refractivity contribution in [1.29, 1.82) is 0 Å². The number of fused-ring (bicyclic) bond motifs is 1. The molecule has 1 aromatic carbocycles. The molecule has 1 aromatic heterocycles. The first-order valence-corrected chi connectivity index (χ1v) is 7.91. The molecule has 2 aromatic rings. The lowest BCUT2D eigenvalue weighted by molar-refractivity contribution is 0.0974. The molecule has 1 amide bonds. The van der Waals surface area contributed by atoms with Crippen molar-refractivity contribution in [2.45, 2.75) is 12.8 Å². The maximum atomic E-state index is 12.3. The van der Waals surface area contributed by atoms with Gasteiger partial charge >= 0.3 is 5.63 Å². The van der Waals surface area contributed by atoms with Gasteiger partial charge in [-0.25, -0.2) is 4.79 Å². The third-order valence-electron chi connectivity index (χ3n) is 3.86. The Hall–Kier alpha value is -3.15. The van der Waals surface area contributed by atoms with Gasteiger partial charge in [0.1, 0.15) is 11.4 Å². The summed E-state index contributed by atoms with van der Waals surface area (Å²) in [7, 11) is 3.71. The second-order valence-corrected chi connectivity index (χ2v) is 6.05. The number of nitrogens with zero attached hydrogens (tertiary/aromatic N) is 1. The van der Waals surface area contributed by atoms with E-state index < -0.39 is 11.5 Å². The SMILES string of the molecule is CN(C)/C=C1/CCC(=O)c2cc(NC(=O)c3ccccc3)c(=O)oc21. The first kappa shape index (κ1) is 16.7. The maximum Gasteiger partial charge on any atom is 0.360 e. The maximum absolute atomic E-state index is 12.3. The van der Waals surface area contributed by atoms with Crippen LogP contribution in [0.4, 0.5) is 5.69 Å². The zero-order valence-electron chi connectivity index (χ0n) is 14.0. The highest BCUT2D eigenvalue weighted by molar-refractivity contribution is 6.06. The van der Waals surface area contributed by atoms with E-state index in [4.69, 9.17) is 4.42 Å². The summed E-state index contributed by atoms with van der Waals surface area (Å²) in [6, 6.07) is 9.93.